The van der Waals surface area contributed by atoms with Crippen LogP contribution in [0, 0.1) is 27.7 Å². The molecule has 1 heterocycles. The van der Waals surface area contributed by atoms with Gasteiger partial charge in [0.2, 0.25) is 10.9 Å². The molecule has 1 amide bonds. The fourth-order valence-electron chi connectivity index (χ4n) is 3.29. The van der Waals surface area contributed by atoms with Crippen LogP contribution in [0.15, 0.2) is 18.2 Å². The highest BCUT2D eigenvalue weighted by atomic mass is 32.1. The van der Waals surface area contributed by atoms with Crippen molar-refractivity contribution in [3.8, 4) is 27.8 Å². The molecule has 1 aromatic heterocycles. The summed E-state index contributed by atoms with van der Waals surface area (Å²) in [7, 11) is 4.52. The van der Waals surface area contributed by atoms with Gasteiger partial charge < -0.3 is 14.2 Å². The predicted molar refractivity (Wildman–Crippen MR) is 118 cm³/mol. The number of carbonyl (C=O) groups is 1. The van der Waals surface area contributed by atoms with Crippen LogP contribution in [-0.4, -0.2) is 37.4 Å². The zero-order chi connectivity index (χ0) is 22.0. The lowest BCUT2D eigenvalue weighted by molar-refractivity contribution is 0.102. The fourth-order valence-corrected chi connectivity index (χ4v) is 4.19. The second-order valence-electron chi connectivity index (χ2n) is 6.92. The standard InChI is InChI=1S/C22H25N3O4S/c1-11-8-12(2)14(4)18(13(11)3)21-24-25-22(30-21)23-20(26)15-9-16(27-5)19(29-7)17(10-15)28-6/h8-10H,1-7H3,(H,23,25,26). The molecule has 158 valence electrons. The molecule has 3 rings (SSSR count). The molecule has 0 aliphatic heterocycles. The average Bonchev–Trinajstić information content (AvgIpc) is 3.19. The SMILES string of the molecule is COc1cc(C(=O)Nc2nnc(-c3c(C)c(C)cc(C)c3C)s2)cc(OC)c1OC. The number of rotatable bonds is 6. The van der Waals surface area contributed by atoms with Crippen molar-refractivity contribution in [1.82, 2.24) is 10.2 Å². The molecule has 0 unspecified atom stereocenters. The van der Waals surface area contributed by atoms with Crippen LogP contribution < -0.4 is 19.5 Å². The summed E-state index contributed by atoms with van der Waals surface area (Å²) in [5.41, 5.74) is 6.16. The molecular formula is C22H25N3O4S. The number of amides is 1. The lowest BCUT2D eigenvalue weighted by Crippen LogP contribution is -2.12. The molecule has 3 aromatic rings. The van der Waals surface area contributed by atoms with Gasteiger partial charge in [-0.15, -0.1) is 10.2 Å². The Kier molecular flexibility index (Phi) is 6.26. The first-order valence-corrected chi connectivity index (χ1v) is 10.1. The van der Waals surface area contributed by atoms with E-state index < -0.39 is 0 Å². The minimum absolute atomic E-state index is 0.342. The van der Waals surface area contributed by atoms with Crippen molar-refractivity contribution >= 4 is 22.4 Å². The van der Waals surface area contributed by atoms with Gasteiger partial charge in [0.15, 0.2) is 11.5 Å². The highest BCUT2D eigenvalue weighted by Gasteiger charge is 2.19. The second kappa shape index (κ2) is 8.71. The summed E-state index contributed by atoms with van der Waals surface area (Å²) >= 11 is 1.34. The van der Waals surface area contributed by atoms with E-state index in [1.54, 1.807) is 12.1 Å². The Hall–Kier alpha value is -3.13. The maximum Gasteiger partial charge on any atom is 0.257 e. The Morgan fingerprint density at radius 3 is 1.93 bits per heavy atom. The number of nitrogens with one attached hydrogen (secondary N) is 1. The molecule has 0 saturated carbocycles. The van der Waals surface area contributed by atoms with E-state index in [4.69, 9.17) is 14.2 Å². The molecule has 2 aromatic carbocycles. The molecule has 0 bridgehead atoms. The Bertz CT molecular complexity index is 1060. The zero-order valence-electron chi connectivity index (χ0n) is 18.2. The van der Waals surface area contributed by atoms with Crippen LogP contribution >= 0.6 is 11.3 Å². The number of hydrogen-bond donors (Lipinski definition) is 1. The van der Waals surface area contributed by atoms with Gasteiger partial charge in [-0.1, -0.05) is 17.4 Å². The van der Waals surface area contributed by atoms with E-state index in [9.17, 15) is 4.79 Å². The van der Waals surface area contributed by atoms with Gasteiger partial charge in [-0.2, -0.15) is 0 Å². The summed E-state index contributed by atoms with van der Waals surface area (Å²) in [6.45, 7) is 8.32. The highest BCUT2D eigenvalue weighted by Crippen LogP contribution is 2.39. The number of anilines is 1. The summed E-state index contributed by atoms with van der Waals surface area (Å²) in [5, 5.41) is 12.5. The maximum absolute atomic E-state index is 12.8. The van der Waals surface area contributed by atoms with Crippen molar-refractivity contribution in [2.24, 2.45) is 0 Å². The van der Waals surface area contributed by atoms with Crippen LogP contribution in [0.25, 0.3) is 10.6 Å². The molecule has 30 heavy (non-hydrogen) atoms. The zero-order valence-corrected chi connectivity index (χ0v) is 19.0. The van der Waals surface area contributed by atoms with E-state index in [-0.39, 0.29) is 5.91 Å². The van der Waals surface area contributed by atoms with Gasteiger partial charge in [0.1, 0.15) is 5.01 Å². The number of nitrogens with zero attached hydrogens (tertiary/aromatic N) is 2. The van der Waals surface area contributed by atoms with Gasteiger partial charge in [-0.05, 0) is 62.1 Å². The van der Waals surface area contributed by atoms with E-state index in [1.807, 2.05) is 0 Å². The molecule has 0 radical (unpaired) electrons. The quantitative estimate of drug-likeness (QED) is 0.613. The third kappa shape index (κ3) is 3.95. The Morgan fingerprint density at radius 2 is 1.43 bits per heavy atom. The summed E-state index contributed by atoms with van der Waals surface area (Å²) in [6.07, 6.45) is 0. The van der Waals surface area contributed by atoms with Gasteiger partial charge in [0.25, 0.3) is 5.91 Å². The van der Waals surface area contributed by atoms with Gasteiger partial charge in [0, 0.05) is 11.1 Å². The molecule has 7 nitrogen and oxygen atoms in total. The largest absolute Gasteiger partial charge is 0.493 e. The number of aryl methyl sites for hydroxylation is 2. The highest BCUT2D eigenvalue weighted by molar-refractivity contribution is 7.18. The summed E-state index contributed by atoms with van der Waals surface area (Å²) in [6, 6.07) is 5.36. The molecule has 0 saturated heterocycles. The van der Waals surface area contributed by atoms with Crippen LogP contribution in [0.4, 0.5) is 5.13 Å². The molecule has 0 fully saturated rings. The van der Waals surface area contributed by atoms with Crippen molar-refractivity contribution in [3.05, 3.63) is 46.0 Å². The first-order valence-electron chi connectivity index (χ1n) is 9.33. The van der Waals surface area contributed by atoms with E-state index in [0.717, 1.165) is 21.7 Å². The fraction of sp³-hybridized carbons (Fsp3) is 0.318. The molecule has 8 heteroatoms. The first-order chi connectivity index (χ1) is 14.3. The van der Waals surface area contributed by atoms with Crippen molar-refractivity contribution in [2.45, 2.75) is 27.7 Å². The molecule has 0 atom stereocenters. The Morgan fingerprint density at radius 1 is 0.867 bits per heavy atom. The van der Waals surface area contributed by atoms with Gasteiger partial charge in [-0.3, -0.25) is 10.1 Å². The maximum atomic E-state index is 12.8. The van der Waals surface area contributed by atoms with Gasteiger partial charge in [-0.25, -0.2) is 0 Å². The van der Waals surface area contributed by atoms with Gasteiger partial charge in [0.05, 0.1) is 21.3 Å². The summed E-state index contributed by atoms with van der Waals surface area (Å²) in [4.78, 5) is 12.8. The van der Waals surface area contributed by atoms with Crippen molar-refractivity contribution in [3.63, 3.8) is 0 Å². The number of benzene rings is 2. The van der Waals surface area contributed by atoms with Crippen molar-refractivity contribution < 1.29 is 19.0 Å². The number of carbonyl (C=O) groups excluding carboxylic acids is 1. The van der Waals surface area contributed by atoms with E-state index in [0.29, 0.717) is 27.9 Å². The van der Waals surface area contributed by atoms with Crippen molar-refractivity contribution in [1.29, 1.82) is 0 Å². The third-order valence-corrected chi connectivity index (χ3v) is 6.01. The van der Waals surface area contributed by atoms with Crippen LogP contribution in [0.5, 0.6) is 17.2 Å². The summed E-state index contributed by atoms with van der Waals surface area (Å²) in [5.74, 6) is 0.893. The molecule has 0 spiro atoms. The molecule has 0 aliphatic carbocycles. The van der Waals surface area contributed by atoms with Crippen molar-refractivity contribution in [2.75, 3.05) is 26.6 Å². The van der Waals surface area contributed by atoms with Crippen LogP contribution in [-0.2, 0) is 0 Å². The van der Waals surface area contributed by atoms with Gasteiger partial charge >= 0.3 is 0 Å². The Labute approximate surface area is 180 Å². The molecule has 0 aliphatic rings. The topological polar surface area (TPSA) is 82.6 Å². The number of methoxy groups -OCH3 is 3. The predicted octanol–water partition coefficient (Wildman–Crippen LogP) is 4.72. The Balaban J connectivity index is 1.92. The van der Waals surface area contributed by atoms with Crippen LogP contribution in [0.1, 0.15) is 32.6 Å². The van der Waals surface area contributed by atoms with E-state index >= 15 is 0 Å². The molecular weight excluding hydrogens is 402 g/mol. The first kappa shape index (κ1) is 21.6. The normalized spacial score (nSPS) is 10.6. The minimum atomic E-state index is -0.342. The minimum Gasteiger partial charge on any atom is -0.493 e. The average molecular weight is 428 g/mol. The van der Waals surface area contributed by atoms with Crippen LogP contribution in [0.3, 0.4) is 0 Å². The van der Waals surface area contributed by atoms with E-state index in [1.165, 1.54) is 43.8 Å². The van der Waals surface area contributed by atoms with Crippen LogP contribution in [0.2, 0.25) is 0 Å². The third-order valence-electron chi connectivity index (χ3n) is 5.15. The second-order valence-corrected chi connectivity index (χ2v) is 7.89. The smallest absolute Gasteiger partial charge is 0.257 e. The number of ether oxygens (including phenoxy) is 3. The molecule has 1 N–H and O–H groups in total. The monoisotopic (exact) mass is 427 g/mol. The lowest BCUT2D eigenvalue weighted by Gasteiger charge is -2.13. The lowest BCUT2D eigenvalue weighted by atomic mass is 9.95. The van der Waals surface area contributed by atoms with E-state index in [2.05, 4.69) is 49.3 Å². The summed E-state index contributed by atoms with van der Waals surface area (Å²) < 4.78 is 15.9. The number of hydrogen-bond acceptors (Lipinski definition) is 7. The number of aromatic nitrogens is 2.